The van der Waals surface area contributed by atoms with E-state index in [9.17, 15) is 0 Å². The number of nitrogens with two attached hydrogens (primary N) is 1. The van der Waals surface area contributed by atoms with Crippen molar-refractivity contribution in [3.05, 3.63) is 40.5 Å². The van der Waals surface area contributed by atoms with Crippen LogP contribution in [0.3, 0.4) is 0 Å². The third kappa shape index (κ3) is 2.88. The van der Waals surface area contributed by atoms with E-state index in [1.54, 1.807) is 0 Å². The summed E-state index contributed by atoms with van der Waals surface area (Å²) in [7, 11) is 0. The first-order valence-electron chi connectivity index (χ1n) is 5.44. The maximum absolute atomic E-state index is 6.15. The monoisotopic (exact) mass is 263 g/mol. The van der Waals surface area contributed by atoms with E-state index in [0.717, 1.165) is 16.9 Å². The van der Waals surface area contributed by atoms with Crippen molar-refractivity contribution in [2.24, 2.45) is 5.84 Å². The molecule has 5 nitrogen and oxygen atoms in total. The Morgan fingerprint density at radius 3 is 2.61 bits per heavy atom. The number of aryl methyl sites for hydroxylation is 2. The summed E-state index contributed by atoms with van der Waals surface area (Å²) in [5.41, 5.74) is 5.13. The van der Waals surface area contributed by atoms with Gasteiger partial charge in [0.15, 0.2) is 0 Å². The van der Waals surface area contributed by atoms with Crippen molar-refractivity contribution in [2.75, 3.05) is 10.7 Å². The van der Waals surface area contributed by atoms with Crippen LogP contribution in [0.5, 0.6) is 0 Å². The second-order valence-corrected chi connectivity index (χ2v) is 4.38. The van der Waals surface area contributed by atoms with Crippen molar-refractivity contribution in [2.45, 2.75) is 13.8 Å². The number of nitrogen functional groups attached to an aromatic ring is 1. The van der Waals surface area contributed by atoms with E-state index in [4.69, 9.17) is 17.4 Å². The molecule has 0 bridgehead atoms. The van der Waals surface area contributed by atoms with E-state index in [1.807, 2.05) is 38.1 Å². The summed E-state index contributed by atoms with van der Waals surface area (Å²) in [6, 6.07) is 7.59. The van der Waals surface area contributed by atoms with Gasteiger partial charge in [-0.05, 0) is 31.5 Å². The fraction of sp³-hybridized carbons (Fsp3) is 0.167. The van der Waals surface area contributed by atoms with E-state index in [2.05, 4.69) is 20.7 Å². The Hall–Kier alpha value is -1.85. The van der Waals surface area contributed by atoms with Crippen molar-refractivity contribution in [3.8, 4) is 0 Å². The maximum Gasteiger partial charge on any atom is 0.239 e. The molecule has 0 saturated carbocycles. The van der Waals surface area contributed by atoms with Gasteiger partial charge in [-0.15, -0.1) is 0 Å². The van der Waals surface area contributed by atoms with Gasteiger partial charge < -0.3 is 5.32 Å². The standard InChI is InChI=1S/C12H14ClN5/c1-7-3-4-10(9(13)5-7)16-11-6-8(2)15-12(17-11)18-14/h3-6H,14H2,1-2H3,(H2,15,16,17,18). The minimum atomic E-state index is 0.362. The zero-order valence-electron chi connectivity index (χ0n) is 10.2. The van der Waals surface area contributed by atoms with Gasteiger partial charge in [0.05, 0.1) is 10.7 Å². The van der Waals surface area contributed by atoms with Crippen molar-refractivity contribution in [1.29, 1.82) is 0 Å². The van der Waals surface area contributed by atoms with Gasteiger partial charge in [0.25, 0.3) is 0 Å². The third-order valence-electron chi connectivity index (χ3n) is 2.37. The van der Waals surface area contributed by atoms with Crippen molar-refractivity contribution < 1.29 is 0 Å². The van der Waals surface area contributed by atoms with Gasteiger partial charge in [0.1, 0.15) is 5.82 Å². The number of nitrogens with zero attached hydrogens (tertiary/aromatic N) is 2. The average molecular weight is 264 g/mol. The molecule has 0 spiro atoms. The Labute approximate surface area is 110 Å². The van der Waals surface area contributed by atoms with E-state index in [-0.39, 0.29) is 0 Å². The minimum absolute atomic E-state index is 0.362. The Balaban J connectivity index is 2.30. The van der Waals surface area contributed by atoms with Crippen LogP contribution in [0.25, 0.3) is 0 Å². The molecule has 2 rings (SSSR count). The molecule has 0 amide bonds. The minimum Gasteiger partial charge on any atom is -0.339 e. The molecule has 0 atom stereocenters. The maximum atomic E-state index is 6.15. The molecule has 1 heterocycles. The lowest BCUT2D eigenvalue weighted by atomic mass is 10.2. The molecule has 0 aliphatic rings. The SMILES string of the molecule is Cc1ccc(Nc2cc(C)nc(NN)n2)c(Cl)c1. The Kier molecular flexibility index (Phi) is 3.64. The Bertz CT molecular complexity index is 570. The van der Waals surface area contributed by atoms with Gasteiger partial charge in [0.2, 0.25) is 5.95 Å². The number of anilines is 3. The smallest absolute Gasteiger partial charge is 0.239 e. The summed E-state index contributed by atoms with van der Waals surface area (Å²) in [6.45, 7) is 3.85. The Morgan fingerprint density at radius 1 is 1.17 bits per heavy atom. The van der Waals surface area contributed by atoms with Crippen molar-refractivity contribution in [3.63, 3.8) is 0 Å². The molecule has 18 heavy (non-hydrogen) atoms. The van der Waals surface area contributed by atoms with Gasteiger partial charge in [-0.1, -0.05) is 17.7 Å². The highest BCUT2D eigenvalue weighted by molar-refractivity contribution is 6.33. The number of benzene rings is 1. The molecule has 0 fully saturated rings. The molecule has 2 aromatic rings. The van der Waals surface area contributed by atoms with Crippen LogP contribution in [0.2, 0.25) is 5.02 Å². The lowest BCUT2D eigenvalue weighted by Crippen LogP contribution is -2.11. The van der Waals surface area contributed by atoms with E-state index < -0.39 is 0 Å². The topological polar surface area (TPSA) is 75.9 Å². The average Bonchev–Trinajstić information content (AvgIpc) is 2.32. The second kappa shape index (κ2) is 5.20. The lowest BCUT2D eigenvalue weighted by molar-refractivity contribution is 1.07. The van der Waals surface area contributed by atoms with Gasteiger partial charge in [-0.2, -0.15) is 4.98 Å². The molecule has 1 aromatic carbocycles. The van der Waals surface area contributed by atoms with E-state index >= 15 is 0 Å². The number of hydrazine groups is 1. The van der Waals surface area contributed by atoms with Crippen LogP contribution in [0.4, 0.5) is 17.5 Å². The molecule has 6 heteroatoms. The van der Waals surface area contributed by atoms with E-state index in [1.165, 1.54) is 0 Å². The van der Waals surface area contributed by atoms with Gasteiger partial charge in [-0.25, -0.2) is 10.8 Å². The second-order valence-electron chi connectivity index (χ2n) is 3.97. The molecule has 0 aliphatic heterocycles. The first-order chi connectivity index (χ1) is 8.58. The molecule has 4 N–H and O–H groups in total. The van der Waals surface area contributed by atoms with Crippen LogP contribution < -0.4 is 16.6 Å². The largest absolute Gasteiger partial charge is 0.339 e. The van der Waals surface area contributed by atoms with Crippen LogP contribution in [-0.4, -0.2) is 9.97 Å². The van der Waals surface area contributed by atoms with Gasteiger partial charge in [0, 0.05) is 11.8 Å². The van der Waals surface area contributed by atoms with Crippen molar-refractivity contribution in [1.82, 2.24) is 9.97 Å². The van der Waals surface area contributed by atoms with Gasteiger partial charge >= 0.3 is 0 Å². The fourth-order valence-corrected chi connectivity index (χ4v) is 1.84. The quantitative estimate of drug-likeness (QED) is 0.586. The Morgan fingerprint density at radius 2 is 1.94 bits per heavy atom. The summed E-state index contributed by atoms with van der Waals surface area (Å²) >= 11 is 6.15. The van der Waals surface area contributed by atoms with E-state index in [0.29, 0.717) is 16.8 Å². The zero-order chi connectivity index (χ0) is 13.1. The normalized spacial score (nSPS) is 10.2. The molecule has 0 saturated heterocycles. The summed E-state index contributed by atoms with van der Waals surface area (Å²) in [5.74, 6) is 6.30. The highest BCUT2D eigenvalue weighted by Crippen LogP contribution is 2.26. The van der Waals surface area contributed by atoms with Crippen molar-refractivity contribution >= 4 is 29.1 Å². The highest BCUT2D eigenvalue weighted by atomic mass is 35.5. The van der Waals surface area contributed by atoms with Crippen LogP contribution >= 0.6 is 11.6 Å². The van der Waals surface area contributed by atoms with Crippen LogP contribution in [0, 0.1) is 13.8 Å². The first kappa shape index (κ1) is 12.6. The summed E-state index contributed by atoms with van der Waals surface area (Å²) in [4.78, 5) is 8.30. The summed E-state index contributed by atoms with van der Waals surface area (Å²) in [6.07, 6.45) is 0. The fourth-order valence-electron chi connectivity index (χ4n) is 1.56. The summed E-state index contributed by atoms with van der Waals surface area (Å²) in [5, 5.41) is 3.78. The third-order valence-corrected chi connectivity index (χ3v) is 2.68. The molecular weight excluding hydrogens is 250 g/mol. The number of halogens is 1. The van der Waals surface area contributed by atoms with Crippen LogP contribution in [0.1, 0.15) is 11.3 Å². The number of hydrogen-bond acceptors (Lipinski definition) is 5. The number of nitrogens with one attached hydrogen (secondary N) is 2. The molecule has 1 aromatic heterocycles. The first-order valence-corrected chi connectivity index (χ1v) is 5.82. The predicted molar refractivity (Wildman–Crippen MR) is 74.1 cm³/mol. The molecule has 94 valence electrons. The zero-order valence-corrected chi connectivity index (χ0v) is 10.9. The van der Waals surface area contributed by atoms with Crippen LogP contribution in [-0.2, 0) is 0 Å². The molecule has 0 radical (unpaired) electrons. The molecule has 0 aliphatic carbocycles. The lowest BCUT2D eigenvalue weighted by Gasteiger charge is -2.10. The predicted octanol–water partition coefficient (Wildman–Crippen LogP) is 2.78. The summed E-state index contributed by atoms with van der Waals surface area (Å²) < 4.78 is 0. The molecular formula is C12H14ClN5. The van der Waals surface area contributed by atoms with Gasteiger partial charge in [-0.3, -0.25) is 5.43 Å². The van der Waals surface area contributed by atoms with Crippen LogP contribution in [0.15, 0.2) is 24.3 Å². The highest BCUT2D eigenvalue weighted by Gasteiger charge is 2.04. The number of rotatable bonds is 3. The molecule has 0 unspecified atom stereocenters. The number of aromatic nitrogens is 2. The number of hydrogen-bond donors (Lipinski definition) is 3.